The summed E-state index contributed by atoms with van der Waals surface area (Å²) < 4.78 is 18.6. The van der Waals surface area contributed by atoms with Crippen molar-refractivity contribution in [2.45, 2.75) is 64.8 Å². The van der Waals surface area contributed by atoms with Crippen LogP contribution in [-0.2, 0) is 29.0 Å². The minimum absolute atomic E-state index is 0.0206. The lowest BCUT2D eigenvalue weighted by molar-refractivity contribution is -0.156. The number of phenols is 2. The molecule has 0 spiro atoms. The summed E-state index contributed by atoms with van der Waals surface area (Å²) >= 11 is 0. The van der Waals surface area contributed by atoms with Crippen LogP contribution in [-0.4, -0.2) is 39.5 Å². The SMILES string of the molecule is CC=C(C)C(=O)OC1Cc2c(c(C(Cc3cccc(O)c3)C3=CCNC(N)=C3)c3oc(CO)cc(=O)c3c2O)OC1(C)C. The number of rotatable bonds is 7. The van der Waals surface area contributed by atoms with E-state index < -0.39 is 35.6 Å². The molecule has 10 heteroatoms. The van der Waals surface area contributed by atoms with E-state index in [0.717, 1.165) is 17.2 Å². The number of hydrogen-bond acceptors (Lipinski definition) is 10. The summed E-state index contributed by atoms with van der Waals surface area (Å²) in [5.41, 5.74) is 7.45. The molecule has 0 aliphatic carbocycles. The van der Waals surface area contributed by atoms with Crippen LogP contribution in [0, 0.1) is 0 Å². The van der Waals surface area contributed by atoms with E-state index in [1.807, 2.05) is 12.1 Å². The molecule has 5 rings (SSSR count). The summed E-state index contributed by atoms with van der Waals surface area (Å²) in [4.78, 5) is 26.2. The van der Waals surface area contributed by atoms with Crippen LogP contribution in [0.1, 0.15) is 56.1 Å². The number of dihydropyridines is 1. The number of esters is 1. The Labute approximate surface area is 248 Å². The first kappa shape index (κ1) is 29.8. The van der Waals surface area contributed by atoms with Crippen molar-refractivity contribution in [2.75, 3.05) is 6.54 Å². The predicted octanol–water partition coefficient (Wildman–Crippen LogP) is 3.94. The normalized spacial score (nSPS) is 18.5. The number of carbonyl (C=O) groups is 1. The van der Waals surface area contributed by atoms with Gasteiger partial charge in [0.15, 0.2) is 5.43 Å². The first-order valence-corrected chi connectivity index (χ1v) is 14.1. The van der Waals surface area contributed by atoms with E-state index in [9.17, 15) is 24.9 Å². The highest BCUT2D eigenvalue weighted by Crippen LogP contribution is 2.50. The molecule has 43 heavy (non-hydrogen) atoms. The number of aromatic hydroxyl groups is 2. The second-order valence-corrected chi connectivity index (χ2v) is 11.4. The Morgan fingerprint density at radius 2 is 2.05 bits per heavy atom. The van der Waals surface area contributed by atoms with Crippen molar-refractivity contribution in [3.05, 3.63) is 98.2 Å². The number of nitrogens with two attached hydrogens (primary N) is 1. The fraction of sp³-hybridized carbons (Fsp3) is 0.333. The van der Waals surface area contributed by atoms with E-state index in [0.29, 0.717) is 41.2 Å². The topological polar surface area (TPSA) is 164 Å². The second-order valence-electron chi connectivity index (χ2n) is 11.4. The predicted molar refractivity (Wildman–Crippen MR) is 161 cm³/mol. The maximum atomic E-state index is 13.4. The molecule has 6 N–H and O–H groups in total. The molecule has 0 amide bonds. The lowest BCUT2D eigenvalue weighted by Crippen LogP contribution is -2.49. The first-order valence-electron chi connectivity index (χ1n) is 14.1. The van der Waals surface area contributed by atoms with E-state index in [2.05, 4.69) is 5.32 Å². The lowest BCUT2D eigenvalue weighted by atomic mass is 9.79. The lowest BCUT2D eigenvalue weighted by Gasteiger charge is -2.41. The Hall–Kier alpha value is -4.70. The van der Waals surface area contributed by atoms with Crippen molar-refractivity contribution in [3.8, 4) is 17.2 Å². The monoisotopic (exact) mass is 588 g/mol. The number of fused-ring (bicyclic) bond motifs is 2. The van der Waals surface area contributed by atoms with Gasteiger partial charge in [-0.15, -0.1) is 0 Å². The Bertz CT molecular complexity index is 1750. The summed E-state index contributed by atoms with van der Waals surface area (Å²) in [7, 11) is 0. The van der Waals surface area contributed by atoms with Gasteiger partial charge in [0.2, 0.25) is 0 Å². The quantitative estimate of drug-likeness (QED) is 0.202. The Balaban J connectivity index is 1.81. The maximum absolute atomic E-state index is 13.4. The van der Waals surface area contributed by atoms with Crippen LogP contribution in [0.5, 0.6) is 17.2 Å². The molecule has 1 aromatic heterocycles. The average Bonchev–Trinajstić information content (AvgIpc) is 2.96. The third-order valence-corrected chi connectivity index (χ3v) is 8.04. The first-order chi connectivity index (χ1) is 20.4. The molecule has 2 atom stereocenters. The number of nitrogens with one attached hydrogen (secondary N) is 1. The summed E-state index contributed by atoms with van der Waals surface area (Å²) in [6.45, 7) is 6.88. The van der Waals surface area contributed by atoms with Gasteiger partial charge in [-0.25, -0.2) is 4.79 Å². The second kappa shape index (κ2) is 11.5. The van der Waals surface area contributed by atoms with Crippen molar-refractivity contribution in [3.63, 3.8) is 0 Å². The smallest absolute Gasteiger partial charge is 0.333 e. The molecule has 0 radical (unpaired) electrons. The molecule has 0 bridgehead atoms. The van der Waals surface area contributed by atoms with Crippen LogP contribution in [0.2, 0.25) is 0 Å². The van der Waals surface area contributed by atoms with Gasteiger partial charge in [0.05, 0.1) is 5.82 Å². The molecule has 3 aromatic rings. The summed E-state index contributed by atoms with van der Waals surface area (Å²) in [5, 5.41) is 34.7. The number of allylic oxidation sites excluding steroid dienone is 3. The highest BCUT2D eigenvalue weighted by Gasteiger charge is 2.44. The molecule has 2 aromatic carbocycles. The highest BCUT2D eigenvalue weighted by atomic mass is 16.6. The summed E-state index contributed by atoms with van der Waals surface area (Å²) in [5.74, 6) is -0.529. The van der Waals surface area contributed by atoms with Crippen molar-refractivity contribution < 1.29 is 34.0 Å². The molecule has 3 heterocycles. The molecule has 0 saturated carbocycles. The van der Waals surface area contributed by atoms with Gasteiger partial charge in [-0.1, -0.05) is 24.3 Å². The molecule has 2 unspecified atom stereocenters. The van der Waals surface area contributed by atoms with Gasteiger partial charge >= 0.3 is 5.97 Å². The van der Waals surface area contributed by atoms with E-state index in [-0.39, 0.29) is 34.6 Å². The van der Waals surface area contributed by atoms with Crippen LogP contribution in [0.4, 0.5) is 0 Å². The molecule has 0 fully saturated rings. The van der Waals surface area contributed by atoms with Crippen LogP contribution < -0.4 is 21.2 Å². The average molecular weight is 589 g/mol. The van der Waals surface area contributed by atoms with Gasteiger partial charge in [0, 0.05) is 41.6 Å². The zero-order valence-electron chi connectivity index (χ0n) is 24.6. The number of aliphatic hydroxyl groups is 1. The Morgan fingerprint density at radius 3 is 2.72 bits per heavy atom. The van der Waals surface area contributed by atoms with E-state index >= 15 is 0 Å². The standard InChI is InChI=1S/C33H36N2O8/c1-5-17(2)32(40)42-25-15-23-29(39)28-24(38)14-21(16-36)41-31(28)27(30(23)43-33(25,3)4)22(19-9-10-35-26(34)13-19)12-18-7-6-8-20(37)11-18/h5-9,11,13-14,22,25,35-37,39H,10,12,15-16,34H2,1-4H3. The van der Waals surface area contributed by atoms with Gasteiger partial charge in [-0.3, -0.25) is 4.79 Å². The van der Waals surface area contributed by atoms with Gasteiger partial charge < -0.3 is 40.3 Å². The van der Waals surface area contributed by atoms with Crippen molar-refractivity contribution in [1.82, 2.24) is 5.32 Å². The van der Waals surface area contributed by atoms with Crippen molar-refractivity contribution >= 4 is 16.9 Å². The molecule has 2 aliphatic rings. The number of carbonyl (C=O) groups excluding carboxylic acids is 1. The number of ether oxygens (including phenoxy) is 2. The van der Waals surface area contributed by atoms with Gasteiger partial charge in [0.1, 0.15) is 52.3 Å². The van der Waals surface area contributed by atoms with Crippen molar-refractivity contribution in [2.24, 2.45) is 5.73 Å². The van der Waals surface area contributed by atoms with E-state index in [4.69, 9.17) is 19.6 Å². The number of hydrogen-bond donors (Lipinski definition) is 5. The minimum atomic E-state index is -1.05. The van der Waals surface area contributed by atoms with Crippen LogP contribution >= 0.6 is 0 Å². The summed E-state index contributed by atoms with van der Waals surface area (Å²) in [6, 6.07) is 7.98. The molecule has 2 aliphatic heterocycles. The van der Waals surface area contributed by atoms with Crippen LogP contribution in [0.25, 0.3) is 11.0 Å². The highest BCUT2D eigenvalue weighted by molar-refractivity contribution is 5.92. The van der Waals surface area contributed by atoms with Gasteiger partial charge in [-0.05, 0) is 63.5 Å². The molecule has 226 valence electrons. The van der Waals surface area contributed by atoms with Crippen molar-refractivity contribution in [1.29, 1.82) is 0 Å². The Kier molecular flexibility index (Phi) is 7.98. The molecular weight excluding hydrogens is 552 g/mol. The number of phenolic OH excluding ortho intramolecular Hbond substituents is 2. The van der Waals surface area contributed by atoms with E-state index in [1.54, 1.807) is 58.0 Å². The third kappa shape index (κ3) is 5.70. The molecule has 10 nitrogen and oxygen atoms in total. The van der Waals surface area contributed by atoms with Gasteiger partial charge in [0.25, 0.3) is 0 Å². The Morgan fingerprint density at radius 1 is 1.28 bits per heavy atom. The summed E-state index contributed by atoms with van der Waals surface area (Å²) in [6.07, 6.45) is 5.01. The minimum Gasteiger partial charge on any atom is -0.508 e. The maximum Gasteiger partial charge on any atom is 0.333 e. The van der Waals surface area contributed by atoms with E-state index in [1.165, 1.54) is 0 Å². The number of aliphatic hydroxyl groups excluding tert-OH is 1. The number of benzene rings is 2. The molecule has 0 saturated heterocycles. The zero-order valence-corrected chi connectivity index (χ0v) is 24.6. The van der Waals surface area contributed by atoms with Crippen LogP contribution in [0.15, 0.2) is 74.7 Å². The zero-order chi connectivity index (χ0) is 31.1. The van der Waals surface area contributed by atoms with Crippen LogP contribution in [0.3, 0.4) is 0 Å². The fourth-order valence-corrected chi connectivity index (χ4v) is 5.59. The largest absolute Gasteiger partial charge is 0.508 e. The fourth-order valence-electron chi connectivity index (χ4n) is 5.59. The third-order valence-electron chi connectivity index (χ3n) is 8.04. The molecular formula is C33H36N2O8. The van der Waals surface area contributed by atoms with Gasteiger partial charge in [-0.2, -0.15) is 0 Å².